The molecule has 1 fully saturated rings. The summed E-state index contributed by atoms with van der Waals surface area (Å²) in [7, 11) is 3.30. The zero-order valence-electron chi connectivity index (χ0n) is 15.2. The van der Waals surface area contributed by atoms with Gasteiger partial charge in [-0.3, -0.25) is 4.79 Å². The smallest absolute Gasteiger partial charge is 0.320 e. The molecule has 0 spiro atoms. The Morgan fingerprint density at radius 2 is 1.46 bits per heavy atom. The maximum absolute atomic E-state index is 11.5. The van der Waals surface area contributed by atoms with E-state index < -0.39 is 12.0 Å². The number of hydrogen-bond acceptors (Lipinski definition) is 4. The standard InChI is InChI=1S/C21H25NO4/c1-25-17-7-3-15(4-8-17)11-21(13-19(20(23)24)22-14-21)12-16-5-9-18(26-2)10-6-16/h3-10,19,22H,11-14H2,1-2H3,(H,23,24)/t19-/m0/s1. The number of nitrogens with one attached hydrogen (secondary N) is 1. The molecule has 0 saturated carbocycles. The fourth-order valence-electron chi connectivity index (χ4n) is 3.78. The van der Waals surface area contributed by atoms with Crippen LogP contribution in [0.5, 0.6) is 11.5 Å². The van der Waals surface area contributed by atoms with Crippen LogP contribution in [0, 0.1) is 5.41 Å². The molecule has 1 heterocycles. The second-order valence-electron chi connectivity index (χ2n) is 7.03. The van der Waals surface area contributed by atoms with E-state index in [9.17, 15) is 9.90 Å². The van der Waals surface area contributed by atoms with E-state index in [1.807, 2.05) is 24.3 Å². The molecule has 2 N–H and O–H groups in total. The average molecular weight is 355 g/mol. The molecule has 0 amide bonds. The fourth-order valence-corrected chi connectivity index (χ4v) is 3.78. The molecule has 0 radical (unpaired) electrons. The quantitative estimate of drug-likeness (QED) is 0.799. The molecule has 2 aromatic carbocycles. The summed E-state index contributed by atoms with van der Waals surface area (Å²) < 4.78 is 10.5. The molecule has 138 valence electrons. The number of carboxylic acids is 1. The highest BCUT2D eigenvalue weighted by Crippen LogP contribution is 2.37. The van der Waals surface area contributed by atoms with Crippen molar-refractivity contribution in [3.63, 3.8) is 0 Å². The van der Waals surface area contributed by atoms with Gasteiger partial charge in [-0.15, -0.1) is 0 Å². The lowest BCUT2D eigenvalue weighted by molar-refractivity contribution is -0.139. The summed E-state index contributed by atoms with van der Waals surface area (Å²) in [5.41, 5.74) is 2.24. The van der Waals surface area contributed by atoms with E-state index in [1.165, 1.54) is 11.1 Å². The maximum Gasteiger partial charge on any atom is 0.320 e. The Balaban J connectivity index is 1.82. The van der Waals surface area contributed by atoms with Crippen LogP contribution in [0.1, 0.15) is 17.5 Å². The van der Waals surface area contributed by atoms with Crippen molar-refractivity contribution in [3.05, 3.63) is 59.7 Å². The van der Waals surface area contributed by atoms with Crippen molar-refractivity contribution in [1.82, 2.24) is 5.32 Å². The fraction of sp³-hybridized carbons (Fsp3) is 0.381. The minimum atomic E-state index is -0.781. The van der Waals surface area contributed by atoms with Crippen LogP contribution in [-0.4, -0.2) is 37.9 Å². The lowest BCUT2D eigenvalue weighted by Gasteiger charge is -2.29. The average Bonchev–Trinajstić information content (AvgIpc) is 3.07. The first-order valence-electron chi connectivity index (χ1n) is 8.76. The lowest BCUT2D eigenvalue weighted by atomic mass is 9.75. The highest BCUT2D eigenvalue weighted by atomic mass is 16.5. The van der Waals surface area contributed by atoms with Gasteiger partial charge in [0.25, 0.3) is 0 Å². The van der Waals surface area contributed by atoms with E-state index >= 15 is 0 Å². The molecule has 5 heteroatoms. The third-order valence-electron chi connectivity index (χ3n) is 5.14. The van der Waals surface area contributed by atoms with E-state index in [0.29, 0.717) is 13.0 Å². The lowest BCUT2D eigenvalue weighted by Crippen LogP contribution is -2.30. The van der Waals surface area contributed by atoms with Gasteiger partial charge in [0.15, 0.2) is 0 Å². The van der Waals surface area contributed by atoms with Crippen LogP contribution in [0.3, 0.4) is 0 Å². The van der Waals surface area contributed by atoms with Crippen LogP contribution < -0.4 is 14.8 Å². The number of benzene rings is 2. The van der Waals surface area contributed by atoms with E-state index in [1.54, 1.807) is 14.2 Å². The first kappa shape index (κ1) is 18.3. The van der Waals surface area contributed by atoms with Crippen LogP contribution in [0.4, 0.5) is 0 Å². The van der Waals surface area contributed by atoms with Gasteiger partial charge in [-0.05, 0) is 60.1 Å². The predicted molar refractivity (Wildman–Crippen MR) is 99.9 cm³/mol. The largest absolute Gasteiger partial charge is 0.497 e. The van der Waals surface area contributed by atoms with Crippen LogP contribution in [0.2, 0.25) is 0 Å². The van der Waals surface area contributed by atoms with Gasteiger partial charge in [0, 0.05) is 6.54 Å². The van der Waals surface area contributed by atoms with Crippen molar-refractivity contribution in [2.24, 2.45) is 5.41 Å². The molecule has 1 saturated heterocycles. The molecular weight excluding hydrogens is 330 g/mol. The molecule has 0 aromatic heterocycles. The summed E-state index contributed by atoms with van der Waals surface area (Å²) >= 11 is 0. The highest BCUT2D eigenvalue weighted by molar-refractivity contribution is 5.74. The Morgan fingerprint density at radius 3 is 1.81 bits per heavy atom. The van der Waals surface area contributed by atoms with Crippen LogP contribution in [-0.2, 0) is 17.6 Å². The SMILES string of the molecule is COc1ccc(CC2(Cc3ccc(OC)cc3)CN[C@H](C(=O)O)C2)cc1. The van der Waals surface area contributed by atoms with Crippen molar-refractivity contribution in [2.45, 2.75) is 25.3 Å². The van der Waals surface area contributed by atoms with Gasteiger partial charge >= 0.3 is 5.97 Å². The van der Waals surface area contributed by atoms with Crippen LogP contribution in [0.15, 0.2) is 48.5 Å². The minimum Gasteiger partial charge on any atom is -0.497 e. The van der Waals surface area contributed by atoms with Crippen molar-refractivity contribution in [3.8, 4) is 11.5 Å². The Kier molecular flexibility index (Phi) is 5.47. The molecule has 1 aliphatic rings. The summed E-state index contributed by atoms with van der Waals surface area (Å²) in [6, 6.07) is 15.5. The van der Waals surface area contributed by atoms with Crippen molar-refractivity contribution in [2.75, 3.05) is 20.8 Å². The Hall–Kier alpha value is -2.53. The number of hydrogen-bond donors (Lipinski definition) is 2. The second-order valence-corrected chi connectivity index (χ2v) is 7.03. The third kappa shape index (κ3) is 4.17. The van der Waals surface area contributed by atoms with Crippen LogP contribution in [0.25, 0.3) is 0 Å². The van der Waals surface area contributed by atoms with E-state index in [-0.39, 0.29) is 5.41 Å². The first-order valence-corrected chi connectivity index (χ1v) is 8.76. The molecule has 2 aromatic rings. The van der Waals surface area contributed by atoms with Gasteiger partial charge < -0.3 is 19.9 Å². The minimum absolute atomic E-state index is 0.133. The third-order valence-corrected chi connectivity index (χ3v) is 5.14. The summed E-state index contributed by atoms with van der Waals surface area (Å²) in [5.74, 6) is 0.869. The molecular formula is C21H25NO4. The zero-order valence-corrected chi connectivity index (χ0v) is 15.2. The Morgan fingerprint density at radius 1 is 1.00 bits per heavy atom. The summed E-state index contributed by atoms with van der Waals surface area (Å²) in [6.07, 6.45) is 2.25. The summed E-state index contributed by atoms with van der Waals surface area (Å²) in [4.78, 5) is 11.5. The number of aliphatic carboxylic acids is 1. The number of rotatable bonds is 7. The molecule has 0 bridgehead atoms. The second kappa shape index (κ2) is 7.79. The van der Waals surface area contributed by atoms with Crippen molar-refractivity contribution in [1.29, 1.82) is 0 Å². The molecule has 0 unspecified atom stereocenters. The van der Waals surface area contributed by atoms with Gasteiger partial charge in [-0.1, -0.05) is 24.3 Å². The zero-order chi connectivity index (χ0) is 18.6. The van der Waals surface area contributed by atoms with Crippen molar-refractivity contribution >= 4 is 5.97 Å². The summed E-state index contributed by atoms with van der Waals surface area (Å²) in [5, 5.41) is 12.6. The number of carbonyl (C=O) groups is 1. The van der Waals surface area contributed by atoms with Crippen molar-refractivity contribution < 1.29 is 19.4 Å². The van der Waals surface area contributed by atoms with Gasteiger partial charge in [-0.25, -0.2) is 0 Å². The number of methoxy groups -OCH3 is 2. The monoisotopic (exact) mass is 355 g/mol. The molecule has 5 nitrogen and oxygen atoms in total. The topological polar surface area (TPSA) is 67.8 Å². The van der Waals surface area contributed by atoms with Gasteiger partial charge in [-0.2, -0.15) is 0 Å². The highest BCUT2D eigenvalue weighted by Gasteiger charge is 2.41. The van der Waals surface area contributed by atoms with E-state index in [2.05, 4.69) is 29.6 Å². The normalized spacial score (nSPS) is 18.5. The van der Waals surface area contributed by atoms with Gasteiger partial charge in [0.05, 0.1) is 14.2 Å². The molecule has 1 atom stereocenters. The van der Waals surface area contributed by atoms with E-state index in [4.69, 9.17) is 9.47 Å². The van der Waals surface area contributed by atoms with Gasteiger partial charge in [0.1, 0.15) is 17.5 Å². The number of carboxylic acid groups (broad SMARTS) is 1. The number of ether oxygens (including phenoxy) is 2. The maximum atomic E-state index is 11.5. The Labute approximate surface area is 153 Å². The molecule has 3 rings (SSSR count). The predicted octanol–water partition coefficient (Wildman–Crippen LogP) is 2.92. The van der Waals surface area contributed by atoms with E-state index in [0.717, 1.165) is 24.3 Å². The summed E-state index contributed by atoms with van der Waals surface area (Å²) in [6.45, 7) is 0.683. The molecule has 26 heavy (non-hydrogen) atoms. The molecule has 1 aliphatic heterocycles. The molecule has 0 aliphatic carbocycles. The Bertz CT molecular complexity index is 690. The first-order chi connectivity index (χ1) is 12.5. The van der Waals surface area contributed by atoms with Crippen LogP contribution >= 0.6 is 0 Å². The van der Waals surface area contributed by atoms with Gasteiger partial charge in [0.2, 0.25) is 0 Å².